The Morgan fingerprint density at radius 2 is 2.04 bits per heavy atom. The summed E-state index contributed by atoms with van der Waals surface area (Å²) in [7, 11) is 0. The Kier molecular flexibility index (Phi) is 7.90. The number of benzene rings is 1. The zero-order valence-electron chi connectivity index (χ0n) is 14.1. The van der Waals surface area contributed by atoms with Crippen molar-refractivity contribution < 1.29 is 9.53 Å². The lowest BCUT2D eigenvalue weighted by atomic mass is 10.1. The second kappa shape index (κ2) is 10.2. The van der Waals surface area contributed by atoms with E-state index in [1.807, 2.05) is 37.3 Å². The number of amides is 1. The number of rotatable bonds is 9. The highest BCUT2D eigenvalue weighted by molar-refractivity contribution is 5.78. The molecule has 1 heterocycles. The van der Waals surface area contributed by atoms with Crippen LogP contribution in [0.15, 0.2) is 30.3 Å². The van der Waals surface area contributed by atoms with Crippen LogP contribution in [0.2, 0.25) is 0 Å². The first-order chi connectivity index (χ1) is 11.3. The molecule has 0 saturated carbocycles. The molecule has 128 valence electrons. The first-order valence-corrected chi connectivity index (χ1v) is 8.64. The van der Waals surface area contributed by atoms with Crippen molar-refractivity contribution in [1.29, 1.82) is 0 Å². The molecule has 1 atom stereocenters. The molecule has 1 aromatic rings. The fourth-order valence-corrected chi connectivity index (χ4v) is 2.62. The highest BCUT2D eigenvalue weighted by Crippen LogP contribution is 2.10. The summed E-state index contributed by atoms with van der Waals surface area (Å²) in [6, 6.07) is 9.72. The number of hydrogen-bond acceptors (Lipinski definition) is 4. The van der Waals surface area contributed by atoms with E-state index < -0.39 is 0 Å². The van der Waals surface area contributed by atoms with Crippen molar-refractivity contribution >= 4 is 5.91 Å². The van der Waals surface area contributed by atoms with Gasteiger partial charge in [-0.3, -0.25) is 4.79 Å². The number of carbonyl (C=O) groups is 1. The summed E-state index contributed by atoms with van der Waals surface area (Å²) in [5, 5.41) is 6.38. The molecule has 0 aromatic heterocycles. The van der Waals surface area contributed by atoms with E-state index in [2.05, 4.69) is 15.5 Å². The highest BCUT2D eigenvalue weighted by Gasteiger charge is 2.13. The van der Waals surface area contributed by atoms with Gasteiger partial charge in [-0.15, -0.1) is 0 Å². The summed E-state index contributed by atoms with van der Waals surface area (Å²) in [4.78, 5) is 14.5. The molecule has 0 spiro atoms. The standard InChI is InChI=1S/C18H29N3O2/c1-16(8-15-23-17-6-3-2-4-7-17)18(22)20-9-5-12-21-13-10-19-11-14-21/h2-4,6-7,16,19H,5,8-15H2,1H3,(H,20,22). The molecule has 1 fully saturated rings. The third-order valence-electron chi connectivity index (χ3n) is 4.17. The molecule has 5 nitrogen and oxygen atoms in total. The SMILES string of the molecule is CC(CCOc1ccccc1)C(=O)NCCCN1CCNCC1. The van der Waals surface area contributed by atoms with Gasteiger partial charge in [0.2, 0.25) is 5.91 Å². The monoisotopic (exact) mass is 319 g/mol. The number of carbonyl (C=O) groups excluding carboxylic acids is 1. The van der Waals surface area contributed by atoms with Crippen molar-refractivity contribution in [3.05, 3.63) is 30.3 Å². The predicted octanol–water partition coefficient (Wildman–Crippen LogP) is 1.50. The summed E-state index contributed by atoms with van der Waals surface area (Å²) in [5.74, 6) is 0.969. The Labute approximate surface area is 139 Å². The average molecular weight is 319 g/mol. The number of nitrogens with one attached hydrogen (secondary N) is 2. The topological polar surface area (TPSA) is 53.6 Å². The van der Waals surface area contributed by atoms with Crippen LogP contribution in [0.4, 0.5) is 0 Å². The van der Waals surface area contributed by atoms with Gasteiger partial charge in [-0.05, 0) is 31.5 Å². The maximum absolute atomic E-state index is 12.0. The molecule has 0 radical (unpaired) electrons. The van der Waals surface area contributed by atoms with Crippen LogP contribution in [0, 0.1) is 5.92 Å². The lowest BCUT2D eigenvalue weighted by molar-refractivity contribution is -0.124. The van der Waals surface area contributed by atoms with Gasteiger partial charge in [-0.2, -0.15) is 0 Å². The Balaban J connectivity index is 1.52. The van der Waals surface area contributed by atoms with Gasteiger partial charge >= 0.3 is 0 Å². The summed E-state index contributed by atoms with van der Waals surface area (Å²) < 4.78 is 5.64. The normalized spacial score (nSPS) is 16.7. The molecule has 0 bridgehead atoms. The van der Waals surface area contributed by atoms with Gasteiger partial charge in [0.15, 0.2) is 0 Å². The van der Waals surface area contributed by atoms with Gasteiger partial charge in [0.05, 0.1) is 6.61 Å². The van der Waals surface area contributed by atoms with Crippen LogP contribution in [-0.2, 0) is 4.79 Å². The summed E-state index contributed by atoms with van der Waals surface area (Å²) >= 11 is 0. The smallest absolute Gasteiger partial charge is 0.222 e. The number of piperazine rings is 1. The molecule has 0 aliphatic carbocycles. The zero-order chi connectivity index (χ0) is 16.3. The Morgan fingerprint density at radius 1 is 1.30 bits per heavy atom. The van der Waals surface area contributed by atoms with Crippen LogP contribution in [-0.4, -0.2) is 56.7 Å². The van der Waals surface area contributed by atoms with Crippen molar-refractivity contribution in [3.63, 3.8) is 0 Å². The van der Waals surface area contributed by atoms with Crippen LogP contribution in [0.5, 0.6) is 5.75 Å². The highest BCUT2D eigenvalue weighted by atomic mass is 16.5. The molecule has 5 heteroatoms. The molecular formula is C18H29N3O2. The number of nitrogens with zero attached hydrogens (tertiary/aromatic N) is 1. The zero-order valence-corrected chi connectivity index (χ0v) is 14.1. The van der Waals surface area contributed by atoms with E-state index in [1.54, 1.807) is 0 Å². The Morgan fingerprint density at radius 3 is 2.78 bits per heavy atom. The fourth-order valence-electron chi connectivity index (χ4n) is 2.62. The minimum atomic E-state index is -0.0158. The van der Waals surface area contributed by atoms with Gasteiger partial charge in [0.1, 0.15) is 5.75 Å². The molecule has 1 aliphatic rings. The molecular weight excluding hydrogens is 290 g/mol. The molecule has 2 N–H and O–H groups in total. The molecule has 1 saturated heterocycles. The van der Waals surface area contributed by atoms with E-state index in [4.69, 9.17) is 4.74 Å². The number of ether oxygens (including phenoxy) is 1. The van der Waals surface area contributed by atoms with E-state index in [0.717, 1.165) is 57.9 Å². The summed E-state index contributed by atoms with van der Waals surface area (Å²) in [6.45, 7) is 8.72. The molecule has 1 aromatic carbocycles. The van der Waals surface area contributed by atoms with E-state index >= 15 is 0 Å². The Bertz CT molecular complexity index is 447. The van der Waals surface area contributed by atoms with Crippen molar-refractivity contribution in [1.82, 2.24) is 15.5 Å². The maximum Gasteiger partial charge on any atom is 0.222 e. The van der Waals surface area contributed by atoms with E-state index in [0.29, 0.717) is 6.61 Å². The Hall–Kier alpha value is -1.59. The quantitative estimate of drug-likeness (QED) is 0.678. The second-order valence-corrected chi connectivity index (χ2v) is 6.09. The molecule has 1 unspecified atom stereocenters. The largest absolute Gasteiger partial charge is 0.494 e. The lowest BCUT2D eigenvalue weighted by Crippen LogP contribution is -2.44. The number of para-hydroxylation sites is 1. The fraction of sp³-hybridized carbons (Fsp3) is 0.611. The predicted molar refractivity (Wildman–Crippen MR) is 92.7 cm³/mol. The van der Waals surface area contributed by atoms with Crippen molar-refractivity contribution in [2.24, 2.45) is 5.92 Å². The summed E-state index contributed by atoms with van der Waals surface area (Å²) in [6.07, 6.45) is 1.75. The van der Waals surface area contributed by atoms with E-state index in [1.165, 1.54) is 0 Å². The number of hydrogen-bond donors (Lipinski definition) is 2. The first-order valence-electron chi connectivity index (χ1n) is 8.64. The van der Waals surface area contributed by atoms with Crippen molar-refractivity contribution in [2.75, 3.05) is 45.9 Å². The van der Waals surface area contributed by atoms with Gasteiger partial charge in [-0.25, -0.2) is 0 Å². The second-order valence-electron chi connectivity index (χ2n) is 6.09. The first kappa shape index (κ1) is 17.8. The van der Waals surface area contributed by atoms with Crippen LogP contribution in [0.25, 0.3) is 0 Å². The van der Waals surface area contributed by atoms with Gasteiger partial charge in [-0.1, -0.05) is 25.1 Å². The van der Waals surface area contributed by atoms with Gasteiger partial charge in [0, 0.05) is 38.6 Å². The molecule has 1 amide bonds. The van der Waals surface area contributed by atoms with Gasteiger partial charge in [0.25, 0.3) is 0 Å². The minimum Gasteiger partial charge on any atom is -0.494 e. The van der Waals surface area contributed by atoms with Crippen LogP contribution >= 0.6 is 0 Å². The third-order valence-corrected chi connectivity index (χ3v) is 4.17. The molecule has 2 rings (SSSR count). The van der Waals surface area contributed by atoms with Crippen molar-refractivity contribution in [2.45, 2.75) is 19.8 Å². The average Bonchev–Trinajstić information content (AvgIpc) is 2.60. The maximum atomic E-state index is 12.0. The van der Waals surface area contributed by atoms with E-state index in [-0.39, 0.29) is 11.8 Å². The van der Waals surface area contributed by atoms with E-state index in [9.17, 15) is 4.79 Å². The van der Waals surface area contributed by atoms with Crippen LogP contribution in [0.3, 0.4) is 0 Å². The van der Waals surface area contributed by atoms with Crippen LogP contribution < -0.4 is 15.4 Å². The summed E-state index contributed by atoms with van der Waals surface area (Å²) in [5.41, 5.74) is 0. The molecule has 23 heavy (non-hydrogen) atoms. The molecule has 1 aliphatic heterocycles. The minimum absolute atomic E-state index is 0.0158. The lowest BCUT2D eigenvalue weighted by Gasteiger charge is -2.27. The van der Waals surface area contributed by atoms with Gasteiger partial charge < -0.3 is 20.3 Å². The third kappa shape index (κ3) is 7.01. The van der Waals surface area contributed by atoms with Crippen molar-refractivity contribution in [3.8, 4) is 5.75 Å². The van der Waals surface area contributed by atoms with Crippen LogP contribution in [0.1, 0.15) is 19.8 Å².